The van der Waals surface area contributed by atoms with Gasteiger partial charge in [0.25, 0.3) is 11.6 Å². The maximum absolute atomic E-state index is 12.4. The van der Waals surface area contributed by atoms with E-state index in [0.717, 1.165) is 29.6 Å². The minimum absolute atomic E-state index is 0.157. The van der Waals surface area contributed by atoms with Gasteiger partial charge in [-0.25, -0.2) is 5.43 Å². The van der Waals surface area contributed by atoms with Crippen LogP contribution in [0.4, 0.5) is 17.1 Å². The predicted molar refractivity (Wildman–Crippen MR) is 116 cm³/mol. The Hall–Kier alpha value is -5.21. The summed E-state index contributed by atoms with van der Waals surface area (Å²) in [4.78, 5) is 43.0. The smallest absolute Gasteiger partial charge is 0.320 e. The lowest BCUT2D eigenvalue weighted by atomic mass is 10.1. The number of rotatable bonds is 8. The second kappa shape index (κ2) is 9.51. The second-order valence-electron chi connectivity index (χ2n) is 6.92. The Balaban J connectivity index is 1.84. The first kappa shape index (κ1) is 23.5. The molecule has 1 aromatic heterocycles. The van der Waals surface area contributed by atoms with E-state index in [2.05, 4.69) is 10.2 Å². The number of hydrazone groups is 1. The fraction of sp³-hybridized carbons (Fsp3) is 0.105. The first-order valence-electron chi connectivity index (χ1n) is 9.33. The molecule has 0 radical (unpaired) electrons. The topological polar surface area (TPSA) is 209 Å². The van der Waals surface area contributed by atoms with Crippen LogP contribution in [0.15, 0.2) is 47.7 Å². The number of aryl methyl sites for hydroxylation is 1. The summed E-state index contributed by atoms with van der Waals surface area (Å²) in [6, 6.07) is 8.68. The van der Waals surface area contributed by atoms with E-state index in [-0.39, 0.29) is 6.54 Å². The molecule has 0 fully saturated rings. The van der Waals surface area contributed by atoms with Crippen molar-refractivity contribution in [1.82, 2.24) is 15.2 Å². The van der Waals surface area contributed by atoms with Crippen molar-refractivity contribution in [2.24, 2.45) is 5.10 Å². The van der Waals surface area contributed by atoms with Crippen LogP contribution in [0.5, 0.6) is 5.75 Å². The SMILES string of the molecule is Cc1cccc(Cn2cc([N+](=O)[O-])c(C(=O)N/N=C\c3cc([N+](=O)[O-])cc([N+](=O)[O-])c3O)n2)c1. The van der Waals surface area contributed by atoms with E-state index in [9.17, 15) is 40.2 Å². The molecule has 0 aliphatic carbocycles. The first-order chi connectivity index (χ1) is 16.1. The van der Waals surface area contributed by atoms with Gasteiger partial charge in [0.15, 0.2) is 0 Å². The Morgan fingerprint density at radius 1 is 1.12 bits per heavy atom. The number of hydrogen-bond acceptors (Lipinski definition) is 10. The second-order valence-corrected chi connectivity index (χ2v) is 6.92. The molecule has 174 valence electrons. The van der Waals surface area contributed by atoms with Crippen LogP contribution in [0.1, 0.15) is 27.2 Å². The lowest BCUT2D eigenvalue weighted by Crippen LogP contribution is -2.19. The Morgan fingerprint density at radius 2 is 1.82 bits per heavy atom. The van der Waals surface area contributed by atoms with E-state index >= 15 is 0 Å². The molecule has 3 rings (SSSR count). The van der Waals surface area contributed by atoms with Gasteiger partial charge < -0.3 is 5.11 Å². The van der Waals surface area contributed by atoms with Crippen molar-refractivity contribution in [3.8, 4) is 5.75 Å². The third-order valence-electron chi connectivity index (χ3n) is 4.46. The van der Waals surface area contributed by atoms with Crippen LogP contribution in [-0.4, -0.2) is 41.8 Å². The van der Waals surface area contributed by atoms with Gasteiger partial charge in [-0.15, -0.1) is 0 Å². The largest absolute Gasteiger partial charge is 0.502 e. The number of nitrogens with zero attached hydrogens (tertiary/aromatic N) is 6. The lowest BCUT2D eigenvalue weighted by molar-refractivity contribution is -0.394. The number of amides is 1. The molecule has 0 spiro atoms. The van der Waals surface area contributed by atoms with Gasteiger partial charge in [-0.2, -0.15) is 10.2 Å². The van der Waals surface area contributed by atoms with Crippen molar-refractivity contribution in [2.75, 3.05) is 0 Å². The number of nitro groups is 3. The standard InChI is InChI=1S/C19H15N7O8/c1-11-3-2-4-12(5-11)9-23-10-16(26(33)34)17(22-23)19(28)21-20-8-13-6-14(24(29)30)7-15(18(13)27)25(31)32/h2-8,10,27H,9H2,1H3,(H,21,28)/b20-8-. The first-order valence-corrected chi connectivity index (χ1v) is 9.33. The van der Waals surface area contributed by atoms with Crippen LogP contribution in [0.2, 0.25) is 0 Å². The van der Waals surface area contributed by atoms with E-state index in [0.29, 0.717) is 6.07 Å². The van der Waals surface area contributed by atoms with Gasteiger partial charge in [0.1, 0.15) is 6.20 Å². The Labute approximate surface area is 189 Å². The normalized spacial score (nSPS) is 10.9. The molecule has 0 unspecified atom stereocenters. The molecule has 15 nitrogen and oxygen atoms in total. The number of carbonyl (C=O) groups is 1. The predicted octanol–water partition coefficient (Wildman–Crippen LogP) is 2.43. The summed E-state index contributed by atoms with van der Waals surface area (Å²) in [5.74, 6) is -1.99. The molecule has 15 heteroatoms. The van der Waals surface area contributed by atoms with E-state index in [1.54, 1.807) is 12.1 Å². The van der Waals surface area contributed by atoms with Crippen LogP contribution in [0.25, 0.3) is 0 Å². The molecule has 3 aromatic rings. The molecule has 2 N–H and O–H groups in total. The summed E-state index contributed by atoms with van der Waals surface area (Å²) in [5, 5.41) is 50.7. The van der Waals surface area contributed by atoms with Crippen molar-refractivity contribution in [3.63, 3.8) is 0 Å². The highest BCUT2D eigenvalue weighted by molar-refractivity contribution is 5.97. The average Bonchev–Trinajstić information content (AvgIpc) is 3.18. The third kappa shape index (κ3) is 5.16. The van der Waals surface area contributed by atoms with Gasteiger partial charge in [0.05, 0.1) is 39.2 Å². The minimum Gasteiger partial charge on any atom is -0.502 e. The van der Waals surface area contributed by atoms with Gasteiger partial charge in [-0.3, -0.25) is 39.8 Å². The zero-order valence-corrected chi connectivity index (χ0v) is 17.3. The molecule has 0 bridgehead atoms. The molecule has 0 atom stereocenters. The summed E-state index contributed by atoms with van der Waals surface area (Å²) in [5.41, 5.74) is 0.518. The van der Waals surface area contributed by atoms with Gasteiger partial charge in [0.2, 0.25) is 11.4 Å². The summed E-state index contributed by atoms with van der Waals surface area (Å²) in [6.07, 6.45) is 1.81. The Kier molecular flexibility index (Phi) is 6.56. The van der Waals surface area contributed by atoms with Crippen LogP contribution in [0.3, 0.4) is 0 Å². The molecule has 1 heterocycles. The van der Waals surface area contributed by atoms with Gasteiger partial charge in [-0.1, -0.05) is 29.8 Å². The summed E-state index contributed by atoms with van der Waals surface area (Å²) >= 11 is 0. The number of hydrogen-bond donors (Lipinski definition) is 2. The number of aromatic hydroxyl groups is 1. The van der Waals surface area contributed by atoms with Crippen LogP contribution in [-0.2, 0) is 6.54 Å². The number of phenols is 1. The van der Waals surface area contributed by atoms with Crippen LogP contribution < -0.4 is 5.43 Å². The highest BCUT2D eigenvalue weighted by atomic mass is 16.6. The zero-order chi connectivity index (χ0) is 25.0. The van der Waals surface area contributed by atoms with Gasteiger partial charge in [-0.05, 0) is 12.5 Å². The molecule has 1 amide bonds. The van der Waals surface area contributed by atoms with E-state index in [1.165, 1.54) is 4.68 Å². The molecule has 34 heavy (non-hydrogen) atoms. The van der Waals surface area contributed by atoms with Crippen molar-refractivity contribution in [3.05, 3.63) is 95.3 Å². The summed E-state index contributed by atoms with van der Waals surface area (Å²) < 4.78 is 1.21. The molecular formula is C19H15N7O8. The number of non-ortho nitro benzene ring substituents is 1. The Morgan fingerprint density at radius 3 is 2.44 bits per heavy atom. The highest BCUT2D eigenvalue weighted by Gasteiger charge is 2.26. The molecular weight excluding hydrogens is 454 g/mol. The number of phenolic OH excluding ortho intramolecular Hbond substituents is 1. The lowest BCUT2D eigenvalue weighted by Gasteiger charge is -2.02. The average molecular weight is 469 g/mol. The number of nitrogens with one attached hydrogen (secondary N) is 1. The van der Waals surface area contributed by atoms with E-state index in [1.807, 2.05) is 24.5 Å². The Bertz CT molecular complexity index is 1350. The van der Waals surface area contributed by atoms with Crippen molar-refractivity contribution in [2.45, 2.75) is 13.5 Å². The summed E-state index contributed by atoms with van der Waals surface area (Å²) in [7, 11) is 0. The van der Waals surface area contributed by atoms with E-state index < -0.39 is 54.7 Å². The van der Waals surface area contributed by atoms with Gasteiger partial charge >= 0.3 is 11.4 Å². The minimum atomic E-state index is -1.08. The van der Waals surface area contributed by atoms with Crippen LogP contribution >= 0.6 is 0 Å². The molecule has 0 saturated carbocycles. The van der Waals surface area contributed by atoms with Crippen molar-refractivity contribution >= 4 is 29.2 Å². The number of nitro benzene ring substituents is 2. The third-order valence-corrected chi connectivity index (χ3v) is 4.46. The zero-order valence-electron chi connectivity index (χ0n) is 17.3. The van der Waals surface area contributed by atoms with Crippen molar-refractivity contribution < 1.29 is 24.7 Å². The monoisotopic (exact) mass is 469 g/mol. The maximum atomic E-state index is 12.4. The number of aromatic nitrogens is 2. The van der Waals surface area contributed by atoms with Crippen LogP contribution in [0, 0.1) is 37.3 Å². The van der Waals surface area contributed by atoms with Crippen molar-refractivity contribution in [1.29, 1.82) is 0 Å². The van der Waals surface area contributed by atoms with Gasteiger partial charge in [0, 0.05) is 6.07 Å². The number of carbonyl (C=O) groups excluding carboxylic acids is 1. The highest BCUT2D eigenvalue weighted by Crippen LogP contribution is 2.33. The fourth-order valence-electron chi connectivity index (χ4n) is 2.97. The number of benzene rings is 2. The molecule has 2 aromatic carbocycles. The maximum Gasteiger partial charge on any atom is 0.320 e. The quantitative estimate of drug-likeness (QED) is 0.281. The molecule has 0 saturated heterocycles. The molecule has 0 aliphatic heterocycles. The van der Waals surface area contributed by atoms with E-state index in [4.69, 9.17) is 0 Å². The summed E-state index contributed by atoms with van der Waals surface area (Å²) in [6.45, 7) is 2.03. The fourth-order valence-corrected chi connectivity index (χ4v) is 2.97. The molecule has 0 aliphatic rings.